The number of oxazole rings is 1. The number of furan rings is 1. The number of hydrogen-bond acceptors (Lipinski definition) is 6. The minimum absolute atomic E-state index is 0.0985. The molecule has 1 aliphatic heterocycles. The maximum absolute atomic E-state index is 6.49. The lowest BCUT2D eigenvalue weighted by atomic mass is 10.0. The molecule has 0 saturated carbocycles. The van der Waals surface area contributed by atoms with E-state index in [9.17, 15) is 0 Å². The molecule has 0 fully saturated rings. The van der Waals surface area contributed by atoms with Crippen molar-refractivity contribution in [1.29, 1.82) is 0 Å². The lowest BCUT2D eigenvalue weighted by molar-refractivity contribution is 0.409. The van der Waals surface area contributed by atoms with Crippen LogP contribution in [0.2, 0.25) is 0 Å². The third-order valence-electron chi connectivity index (χ3n) is 8.60. The van der Waals surface area contributed by atoms with Crippen LogP contribution < -0.4 is 10.6 Å². The number of nitrogens with zero attached hydrogens (tertiary/aromatic N) is 2. The lowest BCUT2D eigenvalue weighted by Crippen LogP contribution is -2.44. The fourth-order valence-corrected chi connectivity index (χ4v) is 6.24. The van der Waals surface area contributed by atoms with Crippen molar-refractivity contribution in [3.8, 4) is 22.6 Å². The van der Waals surface area contributed by atoms with Crippen LogP contribution in [0.25, 0.3) is 55.6 Å². The molecular formula is C40H28N4O2. The van der Waals surface area contributed by atoms with Crippen molar-refractivity contribution in [1.82, 2.24) is 15.6 Å². The number of aliphatic imine (C=N–C) groups is 1. The summed E-state index contributed by atoms with van der Waals surface area (Å²) in [7, 11) is 0. The van der Waals surface area contributed by atoms with Gasteiger partial charge in [0, 0.05) is 21.9 Å². The minimum Gasteiger partial charge on any atom is -0.456 e. The molecule has 9 rings (SSSR count). The van der Waals surface area contributed by atoms with E-state index in [1.807, 2.05) is 60.7 Å². The highest BCUT2D eigenvalue weighted by Crippen LogP contribution is 2.35. The first-order valence-corrected chi connectivity index (χ1v) is 15.4. The van der Waals surface area contributed by atoms with Gasteiger partial charge in [-0.05, 0) is 70.8 Å². The second kappa shape index (κ2) is 10.9. The molecule has 2 N–H and O–H groups in total. The highest BCUT2D eigenvalue weighted by atomic mass is 16.3. The minimum atomic E-state index is -0.192. The van der Waals surface area contributed by atoms with Crippen LogP contribution in [-0.2, 0) is 0 Å². The Hall–Kier alpha value is -5.98. The molecule has 6 aromatic carbocycles. The summed E-state index contributed by atoms with van der Waals surface area (Å²) in [6, 6.07) is 49.5. The van der Waals surface area contributed by atoms with Gasteiger partial charge in [0.05, 0.1) is 0 Å². The van der Waals surface area contributed by atoms with Crippen molar-refractivity contribution < 1.29 is 8.83 Å². The molecular weight excluding hydrogens is 568 g/mol. The zero-order valence-electron chi connectivity index (χ0n) is 24.7. The summed E-state index contributed by atoms with van der Waals surface area (Å²) in [6.07, 6.45) is -0.291. The van der Waals surface area contributed by atoms with Gasteiger partial charge >= 0.3 is 0 Å². The molecule has 1 aliphatic rings. The monoisotopic (exact) mass is 596 g/mol. The number of benzene rings is 6. The van der Waals surface area contributed by atoms with Crippen LogP contribution in [0.1, 0.15) is 29.0 Å². The molecule has 220 valence electrons. The summed E-state index contributed by atoms with van der Waals surface area (Å²) in [5.41, 5.74) is 9.53. The van der Waals surface area contributed by atoms with Crippen molar-refractivity contribution in [2.75, 3.05) is 0 Å². The SMILES string of the molecule is c1ccc(-c2nc3cc(-c4ccc5c(c4)oc4cc(C6=NC(c7ccccc7)NC(c7ccccc7)N6)ccc45)ccc3o2)cc1. The van der Waals surface area contributed by atoms with Gasteiger partial charge in [-0.25, -0.2) is 9.98 Å². The maximum atomic E-state index is 6.49. The van der Waals surface area contributed by atoms with E-state index in [2.05, 4.69) is 95.6 Å². The van der Waals surface area contributed by atoms with Gasteiger partial charge < -0.3 is 14.2 Å². The molecule has 0 saturated heterocycles. The normalized spacial score (nSPS) is 16.5. The van der Waals surface area contributed by atoms with Gasteiger partial charge in [-0.2, -0.15) is 0 Å². The standard InChI is InChI=1S/C40H28N4O2/c1-4-10-25(11-5-1)37-42-38(26-12-6-2-7-13-26)44-39(43-37)30-17-20-32-31-19-16-29(23-35(31)45-36(32)24-30)28-18-21-34-33(22-28)41-40(46-34)27-14-8-3-9-15-27/h1-24,37-38,42H,(H,43,44). The van der Waals surface area contributed by atoms with Crippen molar-refractivity contribution in [3.63, 3.8) is 0 Å². The van der Waals surface area contributed by atoms with Gasteiger partial charge in [-0.1, -0.05) is 97.1 Å². The third kappa shape index (κ3) is 4.72. The van der Waals surface area contributed by atoms with E-state index in [1.165, 1.54) is 0 Å². The van der Waals surface area contributed by atoms with E-state index in [4.69, 9.17) is 18.8 Å². The number of amidine groups is 1. The van der Waals surface area contributed by atoms with Crippen LogP contribution in [0.3, 0.4) is 0 Å². The smallest absolute Gasteiger partial charge is 0.227 e. The Morgan fingerprint density at radius 3 is 1.85 bits per heavy atom. The Morgan fingerprint density at radius 1 is 0.500 bits per heavy atom. The number of hydrogen-bond donors (Lipinski definition) is 2. The molecule has 6 nitrogen and oxygen atoms in total. The van der Waals surface area contributed by atoms with Crippen molar-refractivity contribution in [2.24, 2.45) is 4.99 Å². The molecule has 6 heteroatoms. The molecule has 2 atom stereocenters. The first-order chi connectivity index (χ1) is 22.7. The Bertz CT molecular complexity index is 2380. The van der Waals surface area contributed by atoms with E-state index in [0.29, 0.717) is 5.89 Å². The van der Waals surface area contributed by atoms with Gasteiger partial charge in [-0.15, -0.1) is 0 Å². The zero-order chi connectivity index (χ0) is 30.5. The van der Waals surface area contributed by atoms with Gasteiger partial charge in [0.1, 0.15) is 34.8 Å². The van der Waals surface area contributed by atoms with E-state index in [-0.39, 0.29) is 12.3 Å². The summed E-state index contributed by atoms with van der Waals surface area (Å²) >= 11 is 0. The Morgan fingerprint density at radius 2 is 1.11 bits per heavy atom. The fourth-order valence-electron chi connectivity index (χ4n) is 6.24. The van der Waals surface area contributed by atoms with Gasteiger partial charge in [0.2, 0.25) is 5.89 Å². The van der Waals surface area contributed by atoms with Gasteiger partial charge in [0.15, 0.2) is 5.58 Å². The first-order valence-electron chi connectivity index (χ1n) is 15.4. The van der Waals surface area contributed by atoms with Crippen LogP contribution >= 0.6 is 0 Å². The second-order valence-corrected chi connectivity index (χ2v) is 11.5. The average Bonchev–Trinajstić information content (AvgIpc) is 3.73. The quantitative estimate of drug-likeness (QED) is 0.207. The van der Waals surface area contributed by atoms with Crippen LogP contribution in [0.15, 0.2) is 159 Å². The Labute approximate surface area is 265 Å². The number of nitrogens with one attached hydrogen (secondary N) is 2. The summed E-state index contributed by atoms with van der Waals surface area (Å²) in [6.45, 7) is 0. The summed E-state index contributed by atoms with van der Waals surface area (Å²) in [4.78, 5) is 9.86. The summed E-state index contributed by atoms with van der Waals surface area (Å²) in [5.74, 6) is 1.44. The van der Waals surface area contributed by atoms with Crippen molar-refractivity contribution >= 4 is 38.9 Å². The predicted octanol–water partition coefficient (Wildman–Crippen LogP) is 9.40. The molecule has 0 aliphatic carbocycles. The molecule has 0 bridgehead atoms. The average molecular weight is 597 g/mol. The zero-order valence-corrected chi connectivity index (χ0v) is 24.7. The molecule has 2 unspecified atom stereocenters. The molecule has 0 amide bonds. The maximum Gasteiger partial charge on any atom is 0.227 e. The van der Waals surface area contributed by atoms with E-state index in [0.717, 1.165) is 72.3 Å². The molecule has 46 heavy (non-hydrogen) atoms. The highest BCUT2D eigenvalue weighted by molar-refractivity contribution is 6.09. The van der Waals surface area contributed by atoms with Gasteiger partial charge in [0.25, 0.3) is 0 Å². The fraction of sp³-hybridized carbons (Fsp3) is 0.0500. The topological polar surface area (TPSA) is 75.6 Å². The largest absolute Gasteiger partial charge is 0.456 e. The molecule has 0 spiro atoms. The van der Waals surface area contributed by atoms with Crippen molar-refractivity contribution in [2.45, 2.75) is 12.3 Å². The molecule has 8 aromatic rings. The van der Waals surface area contributed by atoms with E-state index < -0.39 is 0 Å². The summed E-state index contributed by atoms with van der Waals surface area (Å²) in [5, 5.41) is 9.42. The third-order valence-corrected chi connectivity index (χ3v) is 8.60. The Balaban J connectivity index is 1.07. The molecule has 2 aromatic heterocycles. The van der Waals surface area contributed by atoms with Crippen LogP contribution in [-0.4, -0.2) is 10.8 Å². The lowest BCUT2D eigenvalue weighted by Gasteiger charge is -2.32. The van der Waals surface area contributed by atoms with Crippen LogP contribution in [0.4, 0.5) is 0 Å². The van der Waals surface area contributed by atoms with Crippen molar-refractivity contribution in [3.05, 3.63) is 162 Å². The second-order valence-electron chi connectivity index (χ2n) is 11.5. The van der Waals surface area contributed by atoms with Crippen LogP contribution in [0.5, 0.6) is 0 Å². The van der Waals surface area contributed by atoms with E-state index >= 15 is 0 Å². The first kappa shape index (κ1) is 26.4. The van der Waals surface area contributed by atoms with Gasteiger partial charge in [-0.3, -0.25) is 5.32 Å². The predicted molar refractivity (Wildman–Crippen MR) is 183 cm³/mol. The Kier molecular flexibility index (Phi) is 6.25. The van der Waals surface area contributed by atoms with Crippen LogP contribution in [0, 0.1) is 0 Å². The number of fused-ring (bicyclic) bond motifs is 4. The molecule has 0 radical (unpaired) electrons. The number of rotatable bonds is 5. The molecule has 3 heterocycles. The number of aromatic nitrogens is 1. The summed E-state index contributed by atoms with van der Waals surface area (Å²) < 4.78 is 12.5. The highest BCUT2D eigenvalue weighted by Gasteiger charge is 2.25. The van der Waals surface area contributed by atoms with E-state index in [1.54, 1.807) is 0 Å².